The molecule has 2 N–H and O–H groups in total. The molecule has 1 aromatic carbocycles. The zero-order valence-corrected chi connectivity index (χ0v) is 13.3. The van der Waals surface area contributed by atoms with E-state index in [2.05, 4.69) is 28.6 Å². The summed E-state index contributed by atoms with van der Waals surface area (Å²) in [5.74, 6) is 0.364. The Kier molecular flexibility index (Phi) is 5.43. The van der Waals surface area contributed by atoms with Gasteiger partial charge >= 0.3 is 6.36 Å². The molecule has 0 radical (unpaired) electrons. The maximum atomic E-state index is 12.1. The number of pyridine rings is 1. The van der Waals surface area contributed by atoms with Crippen molar-refractivity contribution in [3.05, 3.63) is 59.4 Å². The molecular formula is C17H18F3N3O. The highest BCUT2D eigenvalue weighted by Gasteiger charge is 2.30. The minimum absolute atomic E-state index is 0.242. The van der Waals surface area contributed by atoms with E-state index in [0.717, 1.165) is 5.56 Å². The predicted octanol–water partition coefficient (Wildman–Crippen LogP) is 4.01. The van der Waals surface area contributed by atoms with Gasteiger partial charge in [0.25, 0.3) is 0 Å². The summed E-state index contributed by atoms with van der Waals surface area (Å²) in [6.07, 6.45) is -3.02. The van der Waals surface area contributed by atoms with Crippen molar-refractivity contribution < 1.29 is 17.9 Å². The van der Waals surface area contributed by atoms with Crippen LogP contribution in [0, 0.1) is 0 Å². The summed E-state index contributed by atoms with van der Waals surface area (Å²) in [6, 6.07) is 9.30. The van der Waals surface area contributed by atoms with Crippen molar-refractivity contribution in [2.75, 3.05) is 0 Å². The first-order valence-corrected chi connectivity index (χ1v) is 7.35. The van der Waals surface area contributed by atoms with Crippen molar-refractivity contribution in [2.45, 2.75) is 32.7 Å². The lowest BCUT2D eigenvalue weighted by atomic mass is 10.0. The standard InChI is InChI=1S/C17H18F3N3O/c1-11(2)13-7-8-22-15(9-13)16(21)23-10-12-3-5-14(6-4-12)24-17(18,19)20/h3-9,11H,10H2,1-2H3,(H2,21,23). The fourth-order valence-electron chi connectivity index (χ4n) is 2.00. The second-order valence-corrected chi connectivity index (χ2v) is 5.52. The van der Waals surface area contributed by atoms with Crippen LogP contribution < -0.4 is 10.5 Å². The summed E-state index contributed by atoms with van der Waals surface area (Å²) in [6.45, 7) is 4.37. The fourth-order valence-corrected chi connectivity index (χ4v) is 2.00. The van der Waals surface area contributed by atoms with Gasteiger partial charge in [0.05, 0.1) is 6.54 Å². The number of hydrogen-bond acceptors (Lipinski definition) is 3. The third kappa shape index (κ3) is 5.26. The topological polar surface area (TPSA) is 60.5 Å². The Morgan fingerprint density at radius 2 is 1.88 bits per heavy atom. The molecule has 0 saturated heterocycles. The number of aliphatic imine (C=N–C) groups is 1. The van der Waals surface area contributed by atoms with E-state index in [1.54, 1.807) is 6.20 Å². The predicted molar refractivity (Wildman–Crippen MR) is 85.9 cm³/mol. The molecule has 128 valence electrons. The van der Waals surface area contributed by atoms with Crippen LogP contribution in [0.1, 0.15) is 36.6 Å². The Balaban J connectivity index is 2.06. The number of amidine groups is 1. The first-order chi connectivity index (χ1) is 11.2. The SMILES string of the molecule is CC(C)c1ccnc(C(N)=NCc2ccc(OC(F)(F)F)cc2)c1. The van der Waals surface area contributed by atoms with Crippen LogP contribution in [0.2, 0.25) is 0 Å². The van der Waals surface area contributed by atoms with Crippen LogP contribution in [0.25, 0.3) is 0 Å². The summed E-state index contributed by atoms with van der Waals surface area (Å²) in [5.41, 5.74) is 8.34. The number of aromatic nitrogens is 1. The molecular weight excluding hydrogens is 319 g/mol. The smallest absolute Gasteiger partial charge is 0.406 e. The number of halogens is 3. The first-order valence-electron chi connectivity index (χ1n) is 7.35. The van der Waals surface area contributed by atoms with Gasteiger partial charge in [0.1, 0.15) is 17.3 Å². The average Bonchev–Trinajstić information content (AvgIpc) is 2.52. The molecule has 7 heteroatoms. The number of alkyl halides is 3. The minimum atomic E-state index is -4.70. The molecule has 0 atom stereocenters. The summed E-state index contributed by atoms with van der Waals surface area (Å²) in [7, 11) is 0. The van der Waals surface area contributed by atoms with Gasteiger partial charge in [0.15, 0.2) is 0 Å². The van der Waals surface area contributed by atoms with E-state index < -0.39 is 6.36 Å². The zero-order valence-electron chi connectivity index (χ0n) is 13.3. The number of nitrogens with two attached hydrogens (primary N) is 1. The van der Waals surface area contributed by atoms with Crippen LogP contribution in [0.3, 0.4) is 0 Å². The Labute approximate surface area is 138 Å². The molecule has 2 rings (SSSR count). The van der Waals surface area contributed by atoms with Crippen molar-refractivity contribution in [3.63, 3.8) is 0 Å². The second kappa shape index (κ2) is 7.33. The molecule has 2 aromatic rings. The Morgan fingerprint density at radius 1 is 1.21 bits per heavy atom. The van der Waals surface area contributed by atoms with E-state index in [9.17, 15) is 13.2 Å². The molecule has 1 aromatic heterocycles. The van der Waals surface area contributed by atoms with Gasteiger partial charge in [-0.15, -0.1) is 13.2 Å². The highest BCUT2D eigenvalue weighted by atomic mass is 19.4. The van der Waals surface area contributed by atoms with Crippen LogP contribution >= 0.6 is 0 Å². The Morgan fingerprint density at radius 3 is 2.46 bits per heavy atom. The molecule has 1 heterocycles. The summed E-state index contributed by atoms with van der Waals surface area (Å²) in [5, 5.41) is 0. The molecule has 0 fully saturated rings. The molecule has 0 aliphatic heterocycles. The van der Waals surface area contributed by atoms with Crippen LogP contribution in [-0.2, 0) is 6.54 Å². The largest absolute Gasteiger partial charge is 0.573 e. The molecule has 0 unspecified atom stereocenters. The highest BCUT2D eigenvalue weighted by Crippen LogP contribution is 2.23. The maximum Gasteiger partial charge on any atom is 0.573 e. The molecule has 0 aliphatic carbocycles. The van der Waals surface area contributed by atoms with Gasteiger partial charge in [-0.25, -0.2) is 0 Å². The van der Waals surface area contributed by atoms with Crippen LogP contribution in [0.5, 0.6) is 5.75 Å². The Hall–Kier alpha value is -2.57. The van der Waals surface area contributed by atoms with Crippen molar-refractivity contribution in [3.8, 4) is 5.75 Å². The number of benzene rings is 1. The normalized spacial score (nSPS) is 12.5. The van der Waals surface area contributed by atoms with Crippen LogP contribution in [0.4, 0.5) is 13.2 Å². The highest BCUT2D eigenvalue weighted by molar-refractivity contribution is 5.95. The van der Waals surface area contributed by atoms with E-state index in [0.29, 0.717) is 17.2 Å². The lowest BCUT2D eigenvalue weighted by Gasteiger charge is -2.09. The molecule has 0 spiro atoms. The monoisotopic (exact) mass is 337 g/mol. The number of ether oxygens (including phenoxy) is 1. The second-order valence-electron chi connectivity index (χ2n) is 5.52. The third-order valence-corrected chi connectivity index (χ3v) is 3.30. The number of rotatable bonds is 5. The lowest BCUT2D eigenvalue weighted by molar-refractivity contribution is -0.274. The summed E-state index contributed by atoms with van der Waals surface area (Å²) >= 11 is 0. The zero-order chi connectivity index (χ0) is 17.7. The molecule has 0 bridgehead atoms. The molecule has 4 nitrogen and oxygen atoms in total. The van der Waals surface area contributed by atoms with Crippen LogP contribution in [-0.4, -0.2) is 17.2 Å². The van der Waals surface area contributed by atoms with Crippen molar-refractivity contribution >= 4 is 5.84 Å². The van der Waals surface area contributed by atoms with Gasteiger partial charge in [0, 0.05) is 6.20 Å². The first kappa shape index (κ1) is 17.8. The number of nitrogens with zero attached hydrogens (tertiary/aromatic N) is 2. The third-order valence-electron chi connectivity index (χ3n) is 3.30. The maximum absolute atomic E-state index is 12.1. The van der Waals surface area contributed by atoms with E-state index >= 15 is 0 Å². The van der Waals surface area contributed by atoms with E-state index in [-0.39, 0.29) is 18.1 Å². The van der Waals surface area contributed by atoms with Crippen LogP contribution in [0.15, 0.2) is 47.6 Å². The van der Waals surface area contributed by atoms with Crippen molar-refractivity contribution in [1.82, 2.24) is 4.98 Å². The Bertz CT molecular complexity index is 710. The van der Waals surface area contributed by atoms with E-state index in [1.165, 1.54) is 24.3 Å². The van der Waals surface area contributed by atoms with Gasteiger partial charge in [-0.3, -0.25) is 9.98 Å². The van der Waals surface area contributed by atoms with Crippen molar-refractivity contribution in [1.29, 1.82) is 0 Å². The van der Waals surface area contributed by atoms with Gasteiger partial charge in [0.2, 0.25) is 0 Å². The van der Waals surface area contributed by atoms with Gasteiger partial charge < -0.3 is 10.5 Å². The molecule has 0 aliphatic rings. The van der Waals surface area contributed by atoms with E-state index in [1.807, 2.05) is 12.1 Å². The number of hydrogen-bond donors (Lipinski definition) is 1. The lowest BCUT2D eigenvalue weighted by Crippen LogP contribution is -2.17. The molecule has 0 amide bonds. The summed E-state index contributed by atoms with van der Waals surface area (Å²) in [4.78, 5) is 8.43. The van der Waals surface area contributed by atoms with Crippen molar-refractivity contribution in [2.24, 2.45) is 10.7 Å². The van der Waals surface area contributed by atoms with Gasteiger partial charge in [-0.05, 0) is 41.3 Å². The molecule has 24 heavy (non-hydrogen) atoms. The average molecular weight is 337 g/mol. The molecule has 0 saturated carbocycles. The van der Waals surface area contributed by atoms with Gasteiger partial charge in [-0.2, -0.15) is 0 Å². The quantitative estimate of drug-likeness (QED) is 0.662. The fraction of sp³-hybridized carbons (Fsp3) is 0.294. The van der Waals surface area contributed by atoms with Gasteiger partial charge in [-0.1, -0.05) is 26.0 Å². The summed E-state index contributed by atoms with van der Waals surface area (Å²) < 4.78 is 40.1. The van der Waals surface area contributed by atoms with E-state index in [4.69, 9.17) is 5.73 Å². The minimum Gasteiger partial charge on any atom is -0.406 e.